The highest BCUT2D eigenvalue weighted by atomic mass is 35.5. The Kier molecular flexibility index (Phi) is 7.15. The van der Waals surface area contributed by atoms with Crippen LogP contribution in [0.15, 0.2) is 84.1 Å². The fraction of sp³-hybridized carbons (Fsp3) is 0.278. The van der Waals surface area contributed by atoms with Gasteiger partial charge in [-0.3, -0.25) is 24.1 Å². The second kappa shape index (κ2) is 11.1. The smallest absolute Gasteiger partial charge is 0.488 e. The minimum absolute atomic E-state index is 0.0355. The summed E-state index contributed by atoms with van der Waals surface area (Å²) in [5, 5.41) is 29.5. The van der Waals surface area contributed by atoms with Crippen molar-refractivity contribution in [3.8, 4) is 11.5 Å². The van der Waals surface area contributed by atoms with E-state index in [1.165, 1.54) is 36.4 Å². The number of carbonyl (C=O) groups excluding carboxylic acids is 4. The molecule has 3 aliphatic heterocycles. The Morgan fingerprint density at radius 1 is 0.939 bits per heavy atom. The second-order valence-electron chi connectivity index (χ2n) is 13.5. The number of allylic oxidation sites excluding steroid dienone is 3. The number of carbonyl (C=O) groups is 4. The summed E-state index contributed by atoms with van der Waals surface area (Å²) in [5.74, 6) is -5.89. The number of ether oxygens (including phenoxy) is 1. The van der Waals surface area contributed by atoms with Gasteiger partial charge in [0, 0.05) is 17.9 Å². The van der Waals surface area contributed by atoms with Crippen LogP contribution in [0, 0.1) is 40.8 Å². The zero-order valence-corrected chi connectivity index (χ0v) is 26.8. The molecule has 248 valence electrons. The van der Waals surface area contributed by atoms with E-state index in [4.69, 9.17) is 16.3 Å². The number of halogens is 2. The summed E-state index contributed by atoms with van der Waals surface area (Å²) in [6.45, 7) is 1.73. The van der Waals surface area contributed by atoms with Crippen LogP contribution in [0.1, 0.15) is 25.3 Å². The van der Waals surface area contributed by atoms with Crippen LogP contribution < -0.4 is 20.0 Å². The Labute approximate surface area is 285 Å². The maximum absolute atomic E-state index is 14.6. The van der Waals surface area contributed by atoms with E-state index in [0.717, 1.165) is 21.4 Å². The van der Waals surface area contributed by atoms with Gasteiger partial charge in [-0.05, 0) is 85.3 Å². The van der Waals surface area contributed by atoms with Gasteiger partial charge in [-0.25, -0.2) is 9.29 Å². The molecule has 3 aromatic carbocycles. The molecule has 2 saturated heterocycles. The fourth-order valence-electron chi connectivity index (χ4n) is 8.79. The molecule has 6 atom stereocenters. The number of aromatic hydroxyl groups is 1. The van der Waals surface area contributed by atoms with Crippen molar-refractivity contribution in [2.75, 3.05) is 9.80 Å². The highest BCUT2D eigenvalue weighted by molar-refractivity contribution is 6.58. The summed E-state index contributed by atoms with van der Waals surface area (Å²) in [6.07, 6.45) is 4.07. The lowest BCUT2D eigenvalue weighted by atomic mass is 9.51. The van der Waals surface area contributed by atoms with Gasteiger partial charge in [-0.15, -0.1) is 0 Å². The maximum Gasteiger partial charge on any atom is 0.488 e. The molecule has 8 rings (SSSR count). The van der Waals surface area contributed by atoms with Crippen LogP contribution >= 0.6 is 11.6 Å². The number of benzene rings is 3. The lowest BCUT2D eigenvalue weighted by molar-refractivity contribution is -0.132. The number of imide groups is 2. The number of phenols is 1. The first kappa shape index (κ1) is 31.5. The third-order valence-electron chi connectivity index (χ3n) is 11.0. The van der Waals surface area contributed by atoms with E-state index in [9.17, 15) is 38.7 Å². The van der Waals surface area contributed by atoms with E-state index < -0.39 is 71.6 Å². The Bertz CT molecular complexity index is 2070. The van der Waals surface area contributed by atoms with Crippen molar-refractivity contribution < 1.29 is 43.5 Å². The van der Waals surface area contributed by atoms with Crippen LogP contribution in [-0.2, 0) is 25.6 Å². The standard InChI is InChI=1S/C36H29BClFN2O8/c1-36-26(33(44)41(35(36)46)21-5-9-28(39)27(38)14-21)15-25-23(31(36)18-11-17-12-22(42)6-10-29(17)49-16-18)7-8-24-30(25)34(45)40(32(24)43)20-4-2-3-19(13-20)37(47)48/h2-7,9-10,12-14,16,24-26,30-31,42,47-48H,8,11,15H2,1H3. The van der Waals surface area contributed by atoms with E-state index in [2.05, 4.69) is 0 Å². The molecule has 3 N–H and O–H groups in total. The Hall–Kier alpha value is -4.78. The predicted octanol–water partition coefficient (Wildman–Crippen LogP) is 3.65. The van der Waals surface area contributed by atoms with Gasteiger partial charge in [0.1, 0.15) is 17.3 Å². The van der Waals surface area contributed by atoms with Crippen molar-refractivity contribution in [3.05, 3.63) is 101 Å². The first-order chi connectivity index (χ1) is 23.4. The molecule has 0 bridgehead atoms. The van der Waals surface area contributed by atoms with E-state index in [0.29, 0.717) is 16.9 Å². The molecule has 5 aliphatic rings. The quantitative estimate of drug-likeness (QED) is 0.215. The number of hydrogen-bond donors (Lipinski definition) is 3. The van der Waals surface area contributed by atoms with Gasteiger partial charge < -0.3 is 19.9 Å². The number of hydrogen-bond acceptors (Lipinski definition) is 8. The molecule has 4 amide bonds. The van der Waals surface area contributed by atoms with Crippen molar-refractivity contribution in [1.29, 1.82) is 0 Å². The van der Waals surface area contributed by atoms with Gasteiger partial charge in [0.15, 0.2) is 0 Å². The largest absolute Gasteiger partial charge is 0.508 e. The Morgan fingerprint density at radius 3 is 2.47 bits per heavy atom. The molecular weight excluding hydrogens is 654 g/mol. The number of phenolic OH excluding ortho intramolecular Hbond substituents is 1. The van der Waals surface area contributed by atoms with Gasteiger partial charge in [0.25, 0.3) is 0 Å². The first-order valence-electron chi connectivity index (χ1n) is 15.9. The molecule has 6 unspecified atom stereocenters. The molecule has 10 nitrogen and oxygen atoms in total. The molecule has 3 aromatic rings. The zero-order valence-electron chi connectivity index (χ0n) is 26.0. The summed E-state index contributed by atoms with van der Waals surface area (Å²) >= 11 is 6.09. The predicted molar refractivity (Wildman–Crippen MR) is 176 cm³/mol. The normalized spacial score (nSPS) is 28.7. The SMILES string of the molecule is CC12C(=O)N(c3ccc(F)c(Cl)c3)C(=O)C1CC1C(=CCC3C(=O)N(c4cccc(B(O)O)c4)C(=O)C31)C2C1=COc2ccc(O)cc2C1. The summed E-state index contributed by atoms with van der Waals surface area (Å²) in [5.41, 5.74) is 1.19. The average Bonchev–Trinajstić information content (AvgIpc) is 3.45. The van der Waals surface area contributed by atoms with Gasteiger partial charge >= 0.3 is 7.12 Å². The number of nitrogens with zero attached hydrogens (tertiary/aromatic N) is 2. The molecule has 13 heteroatoms. The molecule has 0 spiro atoms. The van der Waals surface area contributed by atoms with Crippen LogP contribution in [0.2, 0.25) is 5.02 Å². The van der Waals surface area contributed by atoms with E-state index in [1.54, 1.807) is 31.4 Å². The van der Waals surface area contributed by atoms with Gasteiger partial charge in [0.05, 0.1) is 45.8 Å². The molecule has 49 heavy (non-hydrogen) atoms. The van der Waals surface area contributed by atoms with Crippen molar-refractivity contribution in [2.24, 2.45) is 35.0 Å². The minimum Gasteiger partial charge on any atom is -0.508 e. The minimum atomic E-state index is -1.80. The number of amides is 4. The third kappa shape index (κ3) is 4.54. The molecule has 3 heterocycles. The lowest BCUT2D eigenvalue weighted by Crippen LogP contribution is -2.51. The zero-order chi connectivity index (χ0) is 34.5. The first-order valence-corrected chi connectivity index (χ1v) is 16.3. The van der Waals surface area contributed by atoms with Crippen LogP contribution in [0.3, 0.4) is 0 Å². The summed E-state index contributed by atoms with van der Waals surface area (Å²) in [4.78, 5) is 59.3. The monoisotopic (exact) mass is 682 g/mol. The highest BCUT2D eigenvalue weighted by Crippen LogP contribution is 2.63. The van der Waals surface area contributed by atoms with Gasteiger partial charge in [0.2, 0.25) is 23.6 Å². The fourth-order valence-corrected chi connectivity index (χ4v) is 8.97. The highest BCUT2D eigenvalue weighted by Gasteiger charge is 2.68. The molecule has 1 saturated carbocycles. The maximum atomic E-state index is 14.6. The van der Waals surface area contributed by atoms with Crippen molar-refractivity contribution in [2.45, 2.75) is 26.2 Å². The van der Waals surface area contributed by atoms with Crippen LogP contribution in [0.4, 0.5) is 15.8 Å². The molecule has 0 aromatic heterocycles. The molecule has 2 aliphatic carbocycles. The summed E-state index contributed by atoms with van der Waals surface area (Å²) in [6, 6.07) is 14.3. The Balaban J connectivity index is 1.24. The van der Waals surface area contributed by atoms with Crippen LogP contribution in [0.5, 0.6) is 11.5 Å². The van der Waals surface area contributed by atoms with Crippen molar-refractivity contribution in [3.63, 3.8) is 0 Å². The van der Waals surface area contributed by atoms with Crippen LogP contribution in [0.25, 0.3) is 0 Å². The molecule has 3 fully saturated rings. The van der Waals surface area contributed by atoms with E-state index in [-0.39, 0.29) is 46.9 Å². The summed E-state index contributed by atoms with van der Waals surface area (Å²) < 4.78 is 20.2. The van der Waals surface area contributed by atoms with Gasteiger partial charge in [-0.2, -0.15) is 0 Å². The van der Waals surface area contributed by atoms with E-state index in [1.807, 2.05) is 6.08 Å². The lowest BCUT2D eigenvalue weighted by Gasteiger charge is -2.49. The van der Waals surface area contributed by atoms with E-state index >= 15 is 0 Å². The number of rotatable bonds is 4. The average molecular weight is 683 g/mol. The molecule has 0 radical (unpaired) electrons. The summed E-state index contributed by atoms with van der Waals surface area (Å²) in [7, 11) is -1.80. The third-order valence-corrected chi connectivity index (χ3v) is 11.3. The molecular formula is C36H29BClFN2O8. The Morgan fingerprint density at radius 2 is 1.71 bits per heavy atom. The van der Waals surface area contributed by atoms with Gasteiger partial charge in [-0.1, -0.05) is 35.4 Å². The van der Waals surface area contributed by atoms with Crippen LogP contribution in [-0.4, -0.2) is 45.9 Å². The van der Waals surface area contributed by atoms with Crippen molar-refractivity contribution >= 4 is 59.2 Å². The number of anilines is 2. The number of fused-ring (bicyclic) bond motifs is 5. The van der Waals surface area contributed by atoms with Crippen molar-refractivity contribution in [1.82, 2.24) is 0 Å². The second-order valence-corrected chi connectivity index (χ2v) is 13.9. The topological polar surface area (TPSA) is 145 Å².